The van der Waals surface area contributed by atoms with Gasteiger partial charge < -0.3 is 9.84 Å². The first-order valence-electron chi connectivity index (χ1n) is 3.18. The predicted octanol–water partition coefficient (Wildman–Crippen LogP) is 2.11. The van der Waals surface area contributed by atoms with E-state index in [1.807, 2.05) is 30.3 Å². The molecule has 0 radical (unpaired) electrons. The Balaban J connectivity index is 0. The fraction of sp³-hybridized carbons (Fsp3) is 0.125. The second-order valence-electron chi connectivity index (χ2n) is 2.04. The van der Waals surface area contributed by atoms with E-state index < -0.39 is 6.16 Å². The molecule has 0 unspecified atom stereocenters. The van der Waals surface area contributed by atoms with Crippen molar-refractivity contribution in [1.82, 2.24) is 0 Å². The van der Waals surface area contributed by atoms with Crippen molar-refractivity contribution in [1.29, 1.82) is 0 Å². The summed E-state index contributed by atoms with van der Waals surface area (Å²) < 4.78 is 4.34. The minimum atomic E-state index is -1.24. The van der Waals surface area contributed by atoms with E-state index in [0.717, 1.165) is 5.56 Å². The molecule has 0 aliphatic carbocycles. The maximum atomic E-state index is 9.95. The minimum absolute atomic E-state index is 0. The third kappa shape index (κ3) is 6.36. The Morgan fingerprint density at radius 1 is 1.23 bits per heavy atom. The summed E-state index contributed by atoms with van der Waals surface area (Å²) in [6.07, 6.45) is -1.24. The van der Waals surface area contributed by atoms with E-state index >= 15 is 0 Å². The largest absolute Gasteiger partial charge is 0.506 e. The fourth-order valence-corrected chi connectivity index (χ4v) is 0.719. The summed E-state index contributed by atoms with van der Waals surface area (Å²) in [6.45, 7) is 0.121. The van der Waals surface area contributed by atoms with Gasteiger partial charge in [0.25, 0.3) is 0 Å². The average molecular weight is 220 g/mol. The molecule has 5 heteroatoms. The molecule has 0 aliphatic rings. The van der Waals surface area contributed by atoms with E-state index in [4.69, 9.17) is 5.11 Å². The quantitative estimate of drug-likeness (QED) is 0.776. The Labute approximate surface area is 90.6 Å². The van der Waals surface area contributed by atoms with Crippen molar-refractivity contribution in [3.05, 3.63) is 35.9 Å². The molecule has 0 aliphatic heterocycles. The molecule has 0 saturated heterocycles. The highest BCUT2D eigenvalue weighted by Crippen LogP contribution is 1.99. The van der Waals surface area contributed by atoms with Crippen LogP contribution < -0.4 is 0 Å². The van der Waals surface area contributed by atoms with Crippen LogP contribution in [0.4, 0.5) is 4.79 Å². The van der Waals surface area contributed by atoms with Crippen molar-refractivity contribution in [2.45, 2.75) is 6.61 Å². The smallest absolute Gasteiger partial charge is 0.450 e. The molecule has 3 nitrogen and oxygen atoms in total. The third-order valence-electron chi connectivity index (χ3n) is 1.21. The van der Waals surface area contributed by atoms with Crippen LogP contribution in [-0.4, -0.2) is 11.3 Å². The predicted molar refractivity (Wildman–Crippen MR) is 60.0 cm³/mol. The molecule has 0 spiro atoms. The average Bonchev–Trinajstić information content (AvgIpc) is 2.03. The van der Waals surface area contributed by atoms with Gasteiger partial charge in [-0.05, 0) is 5.56 Å². The Morgan fingerprint density at radius 2 is 1.77 bits per heavy atom. The molecule has 1 aromatic rings. The van der Waals surface area contributed by atoms with Crippen LogP contribution in [0.25, 0.3) is 0 Å². The molecule has 13 heavy (non-hydrogen) atoms. The second-order valence-corrected chi connectivity index (χ2v) is 2.04. The van der Waals surface area contributed by atoms with Gasteiger partial charge in [-0.3, -0.25) is 0 Å². The van der Waals surface area contributed by atoms with E-state index in [-0.39, 0.29) is 33.6 Å². The highest BCUT2D eigenvalue weighted by molar-refractivity contribution is 7.59. The van der Waals surface area contributed by atoms with Gasteiger partial charge >= 0.3 is 6.16 Å². The van der Waals surface area contributed by atoms with Gasteiger partial charge in [-0.25, -0.2) is 4.79 Å². The summed E-state index contributed by atoms with van der Waals surface area (Å²) in [5.41, 5.74) is 0.856. The molecule has 0 fully saturated rings. The highest BCUT2D eigenvalue weighted by atomic mass is 32.1. The molecule has 1 N–H and O–H groups in total. The SMILES string of the molecule is O=C(O)OCc1ccccc1.S.S. The van der Waals surface area contributed by atoms with E-state index in [1.54, 1.807) is 0 Å². The van der Waals surface area contributed by atoms with Crippen molar-refractivity contribution in [3.63, 3.8) is 0 Å². The van der Waals surface area contributed by atoms with Crippen LogP contribution in [0.1, 0.15) is 5.56 Å². The van der Waals surface area contributed by atoms with Crippen LogP contribution in [0, 0.1) is 0 Å². The van der Waals surface area contributed by atoms with Gasteiger partial charge in [0.2, 0.25) is 0 Å². The lowest BCUT2D eigenvalue weighted by Gasteiger charge is -1.98. The zero-order valence-electron chi connectivity index (χ0n) is 6.86. The molecule has 1 aromatic carbocycles. The number of ether oxygens (including phenoxy) is 1. The van der Waals surface area contributed by atoms with Gasteiger partial charge in [0.1, 0.15) is 6.61 Å². The summed E-state index contributed by atoms with van der Waals surface area (Å²) >= 11 is 0. The first-order valence-corrected chi connectivity index (χ1v) is 3.18. The minimum Gasteiger partial charge on any atom is -0.450 e. The lowest BCUT2D eigenvalue weighted by atomic mass is 10.2. The van der Waals surface area contributed by atoms with Crippen molar-refractivity contribution in [3.8, 4) is 0 Å². The molecule has 74 valence electrons. The lowest BCUT2D eigenvalue weighted by molar-refractivity contribution is 0.0854. The van der Waals surface area contributed by atoms with Gasteiger partial charge in [-0.15, -0.1) is 0 Å². The number of carbonyl (C=O) groups is 1. The van der Waals surface area contributed by atoms with E-state index in [2.05, 4.69) is 4.74 Å². The molecule has 0 saturated carbocycles. The van der Waals surface area contributed by atoms with Crippen LogP contribution in [-0.2, 0) is 11.3 Å². The highest BCUT2D eigenvalue weighted by Gasteiger charge is 1.95. The van der Waals surface area contributed by atoms with Crippen molar-refractivity contribution < 1.29 is 14.6 Å². The van der Waals surface area contributed by atoms with Gasteiger partial charge in [-0.2, -0.15) is 27.0 Å². The van der Waals surface area contributed by atoms with Gasteiger partial charge in [-0.1, -0.05) is 30.3 Å². The zero-order chi connectivity index (χ0) is 8.10. The number of hydrogen-bond acceptors (Lipinski definition) is 2. The maximum absolute atomic E-state index is 9.95. The Kier molecular flexibility index (Phi) is 8.84. The van der Waals surface area contributed by atoms with E-state index in [9.17, 15) is 4.79 Å². The Hall–Kier alpha value is -0.810. The second kappa shape index (κ2) is 7.82. The summed E-state index contributed by atoms with van der Waals surface area (Å²) in [5.74, 6) is 0. The van der Waals surface area contributed by atoms with E-state index in [0.29, 0.717) is 0 Å². The monoisotopic (exact) mass is 220 g/mol. The summed E-state index contributed by atoms with van der Waals surface area (Å²) in [5, 5.41) is 8.15. The molecule has 0 atom stereocenters. The van der Waals surface area contributed by atoms with Crippen molar-refractivity contribution >= 4 is 33.1 Å². The van der Waals surface area contributed by atoms with Crippen LogP contribution >= 0.6 is 27.0 Å². The summed E-state index contributed by atoms with van der Waals surface area (Å²) in [6, 6.07) is 9.15. The third-order valence-corrected chi connectivity index (χ3v) is 1.21. The number of benzene rings is 1. The fourth-order valence-electron chi connectivity index (χ4n) is 0.719. The lowest BCUT2D eigenvalue weighted by Crippen LogP contribution is -1.99. The van der Waals surface area contributed by atoms with Crippen LogP contribution in [0.3, 0.4) is 0 Å². The molecule has 0 aromatic heterocycles. The molecule has 0 bridgehead atoms. The number of hydrogen-bond donors (Lipinski definition) is 1. The van der Waals surface area contributed by atoms with Gasteiger partial charge in [0, 0.05) is 0 Å². The standard InChI is InChI=1S/C8H8O3.2H2S/c9-8(10)11-6-7-4-2-1-3-5-7;;/h1-5H,6H2,(H,9,10);2*1H2. The Morgan fingerprint density at radius 3 is 2.23 bits per heavy atom. The normalized spacial score (nSPS) is 7.69. The van der Waals surface area contributed by atoms with Crippen molar-refractivity contribution in [2.24, 2.45) is 0 Å². The van der Waals surface area contributed by atoms with Gasteiger partial charge in [0.05, 0.1) is 0 Å². The molecular formula is C8H12O3S2. The Bertz CT molecular complexity index is 238. The first kappa shape index (κ1) is 14.7. The maximum Gasteiger partial charge on any atom is 0.506 e. The van der Waals surface area contributed by atoms with Crippen LogP contribution in [0.5, 0.6) is 0 Å². The zero-order valence-corrected chi connectivity index (χ0v) is 8.86. The summed E-state index contributed by atoms with van der Waals surface area (Å²) in [7, 11) is 0. The topological polar surface area (TPSA) is 46.5 Å². The van der Waals surface area contributed by atoms with Gasteiger partial charge in [0.15, 0.2) is 0 Å². The number of rotatable bonds is 2. The first-order chi connectivity index (χ1) is 5.29. The van der Waals surface area contributed by atoms with Crippen LogP contribution in [0.2, 0.25) is 0 Å². The molecule has 0 amide bonds. The molecule has 1 rings (SSSR count). The molecule has 0 heterocycles. The number of carboxylic acid groups (broad SMARTS) is 1. The van der Waals surface area contributed by atoms with Crippen LogP contribution in [0.15, 0.2) is 30.3 Å². The van der Waals surface area contributed by atoms with E-state index in [1.165, 1.54) is 0 Å². The molecular weight excluding hydrogens is 208 g/mol. The summed E-state index contributed by atoms with van der Waals surface area (Å²) in [4.78, 5) is 9.95. The van der Waals surface area contributed by atoms with Crippen molar-refractivity contribution in [2.75, 3.05) is 0 Å².